The van der Waals surface area contributed by atoms with Crippen molar-refractivity contribution in [3.8, 4) is 0 Å². The summed E-state index contributed by atoms with van der Waals surface area (Å²) in [6.07, 6.45) is 2.80. The van der Waals surface area contributed by atoms with Crippen molar-refractivity contribution in [3.63, 3.8) is 0 Å². The van der Waals surface area contributed by atoms with E-state index in [4.69, 9.17) is 0 Å². The standard InChI is InChI=1S/C9H17N3S/c1-4-5-10-8(3)7(2)9-11-6-12-13-9/h6-8,10H,4-5H2,1-3H3. The summed E-state index contributed by atoms with van der Waals surface area (Å²) in [6.45, 7) is 7.63. The van der Waals surface area contributed by atoms with Gasteiger partial charge in [-0.3, -0.25) is 0 Å². The molecule has 1 heterocycles. The lowest BCUT2D eigenvalue weighted by Crippen LogP contribution is -2.31. The second-order valence-electron chi connectivity index (χ2n) is 3.31. The molecular weight excluding hydrogens is 182 g/mol. The van der Waals surface area contributed by atoms with Gasteiger partial charge in [-0.25, -0.2) is 4.98 Å². The van der Waals surface area contributed by atoms with Gasteiger partial charge in [-0.2, -0.15) is 4.37 Å². The van der Waals surface area contributed by atoms with E-state index in [9.17, 15) is 0 Å². The Hall–Kier alpha value is -0.480. The van der Waals surface area contributed by atoms with Crippen LogP contribution in [0.4, 0.5) is 0 Å². The third kappa shape index (κ3) is 3.04. The summed E-state index contributed by atoms with van der Waals surface area (Å²) in [5, 5.41) is 4.58. The minimum absolute atomic E-state index is 0.457. The van der Waals surface area contributed by atoms with Gasteiger partial charge in [-0.15, -0.1) is 0 Å². The summed E-state index contributed by atoms with van der Waals surface area (Å²) < 4.78 is 4.01. The lowest BCUT2D eigenvalue weighted by Gasteiger charge is -2.18. The fraction of sp³-hybridized carbons (Fsp3) is 0.778. The van der Waals surface area contributed by atoms with Crippen LogP contribution in [0.25, 0.3) is 0 Å². The molecule has 0 fully saturated rings. The van der Waals surface area contributed by atoms with E-state index in [1.165, 1.54) is 18.0 Å². The van der Waals surface area contributed by atoms with Crippen LogP contribution in [0.2, 0.25) is 0 Å². The predicted octanol–water partition coefficient (Wildman–Crippen LogP) is 2.03. The monoisotopic (exact) mass is 199 g/mol. The molecule has 2 atom stereocenters. The Morgan fingerprint density at radius 1 is 1.54 bits per heavy atom. The largest absolute Gasteiger partial charge is 0.314 e. The molecule has 0 aromatic carbocycles. The number of rotatable bonds is 5. The highest BCUT2D eigenvalue weighted by Crippen LogP contribution is 2.19. The van der Waals surface area contributed by atoms with Crippen LogP contribution in [0.3, 0.4) is 0 Å². The fourth-order valence-electron chi connectivity index (χ4n) is 1.14. The molecule has 0 bridgehead atoms. The number of hydrogen-bond donors (Lipinski definition) is 1. The van der Waals surface area contributed by atoms with Gasteiger partial charge in [0, 0.05) is 12.0 Å². The molecule has 1 aromatic rings. The second kappa shape index (κ2) is 5.29. The molecule has 0 saturated heterocycles. The maximum absolute atomic E-state index is 4.21. The lowest BCUT2D eigenvalue weighted by atomic mass is 10.1. The Morgan fingerprint density at radius 2 is 2.31 bits per heavy atom. The van der Waals surface area contributed by atoms with Crippen molar-refractivity contribution >= 4 is 11.5 Å². The van der Waals surface area contributed by atoms with Crippen molar-refractivity contribution < 1.29 is 0 Å². The van der Waals surface area contributed by atoms with Crippen molar-refractivity contribution in [1.29, 1.82) is 0 Å². The number of nitrogens with zero attached hydrogens (tertiary/aromatic N) is 2. The molecule has 74 valence electrons. The number of aromatic nitrogens is 2. The molecule has 1 rings (SSSR count). The SMILES string of the molecule is CCCNC(C)C(C)c1ncns1. The average Bonchev–Trinajstić information content (AvgIpc) is 2.65. The van der Waals surface area contributed by atoms with Crippen LogP contribution in [0, 0.1) is 0 Å². The molecule has 0 aliphatic rings. The first-order chi connectivity index (χ1) is 6.25. The lowest BCUT2D eigenvalue weighted by molar-refractivity contribution is 0.480. The molecule has 0 spiro atoms. The third-order valence-electron chi connectivity index (χ3n) is 2.23. The van der Waals surface area contributed by atoms with Gasteiger partial charge < -0.3 is 5.32 Å². The maximum atomic E-state index is 4.21. The van der Waals surface area contributed by atoms with Gasteiger partial charge >= 0.3 is 0 Å². The summed E-state index contributed by atoms with van der Waals surface area (Å²) in [6, 6.07) is 0.480. The second-order valence-corrected chi connectivity index (χ2v) is 4.12. The van der Waals surface area contributed by atoms with E-state index in [-0.39, 0.29) is 0 Å². The van der Waals surface area contributed by atoms with Gasteiger partial charge in [-0.05, 0) is 31.4 Å². The third-order valence-corrected chi connectivity index (χ3v) is 3.10. The number of hydrogen-bond acceptors (Lipinski definition) is 4. The highest BCUT2D eigenvalue weighted by molar-refractivity contribution is 7.05. The first kappa shape index (κ1) is 10.6. The molecule has 1 aromatic heterocycles. The maximum Gasteiger partial charge on any atom is 0.129 e. The zero-order chi connectivity index (χ0) is 9.68. The van der Waals surface area contributed by atoms with Gasteiger partial charge in [0.05, 0.1) is 0 Å². The van der Waals surface area contributed by atoms with E-state index in [1.807, 2.05) is 0 Å². The van der Waals surface area contributed by atoms with Crippen LogP contribution < -0.4 is 5.32 Å². The van der Waals surface area contributed by atoms with E-state index in [2.05, 4.69) is 35.4 Å². The van der Waals surface area contributed by atoms with Crippen LogP contribution >= 0.6 is 11.5 Å². The molecule has 0 amide bonds. The van der Waals surface area contributed by atoms with E-state index in [0.717, 1.165) is 11.6 Å². The topological polar surface area (TPSA) is 37.8 Å². The molecular formula is C9H17N3S. The molecule has 0 aliphatic carbocycles. The molecule has 13 heavy (non-hydrogen) atoms. The molecule has 2 unspecified atom stereocenters. The molecule has 3 nitrogen and oxygen atoms in total. The first-order valence-corrected chi connectivity index (χ1v) is 5.53. The van der Waals surface area contributed by atoms with Crippen molar-refractivity contribution in [2.75, 3.05) is 6.54 Å². The van der Waals surface area contributed by atoms with Crippen molar-refractivity contribution in [2.24, 2.45) is 0 Å². The Kier molecular flexibility index (Phi) is 4.32. The van der Waals surface area contributed by atoms with E-state index >= 15 is 0 Å². The Balaban J connectivity index is 2.43. The van der Waals surface area contributed by atoms with Crippen LogP contribution in [0.15, 0.2) is 6.33 Å². The fourth-order valence-corrected chi connectivity index (χ4v) is 1.81. The number of nitrogens with one attached hydrogen (secondary N) is 1. The van der Waals surface area contributed by atoms with Gasteiger partial charge in [0.1, 0.15) is 11.3 Å². The average molecular weight is 199 g/mol. The zero-order valence-electron chi connectivity index (χ0n) is 8.45. The molecule has 0 saturated carbocycles. The summed E-state index contributed by atoms with van der Waals surface area (Å²) in [5.41, 5.74) is 0. The quantitative estimate of drug-likeness (QED) is 0.788. The molecule has 4 heteroatoms. The Morgan fingerprint density at radius 3 is 2.85 bits per heavy atom. The van der Waals surface area contributed by atoms with E-state index in [0.29, 0.717) is 12.0 Å². The van der Waals surface area contributed by atoms with Gasteiger partial charge in [0.2, 0.25) is 0 Å². The first-order valence-electron chi connectivity index (χ1n) is 4.75. The smallest absolute Gasteiger partial charge is 0.129 e. The summed E-state index contributed by atoms with van der Waals surface area (Å²) >= 11 is 1.49. The van der Waals surface area contributed by atoms with Crippen LogP contribution in [0.5, 0.6) is 0 Å². The minimum atomic E-state index is 0.457. The van der Waals surface area contributed by atoms with Crippen molar-refractivity contribution in [3.05, 3.63) is 11.3 Å². The molecule has 0 aliphatic heterocycles. The molecule has 0 radical (unpaired) electrons. The summed E-state index contributed by atoms with van der Waals surface area (Å²) in [4.78, 5) is 4.21. The zero-order valence-corrected chi connectivity index (χ0v) is 9.27. The highest BCUT2D eigenvalue weighted by atomic mass is 32.1. The molecule has 1 N–H and O–H groups in total. The van der Waals surface area contributed by atoms with E-state index in [1.54, 1.807) is 6.33 Å². The van der Waals surface area contributed by atoms with Gasteiger partial charge in [-0.1, -0.05) is 13.8 Å². The van der Waals surface area contributed by atoms with Crippen molar-refractivity contribution in [1.82, 2.24) is 14.7 Å². The highest BCUT2D eigenvalue weighted by Gasteiger charge is 2.15. The van der Waals surface area contributed by atoms with Crippen molar-refractivity contribution in [2.45, 2.75) is 39.2 Å². The minimum Gasteiger partial charge on any atom is -0.314 e. The Bertz CT molecular complexity index is 223. The normalized spacial score (nSPS) is 15.6. The van der Waals surface area contributed by atoms with Gasteiger partial charge in [0.15, 0.2) is 0 Å². The van der Waals surface area contributed by atoms with Gasteiger partial charge in [0.25, 0.3) is 0 Å². The summed E-state index contributed by atoms with van der Waals surface area (Å²) in [7, 11) is 0. The Labute approximate surface area is 83.8 Å². The van der Waals surface area contributed by atoms with Crippen LogP contribution in [-0.4, -0.2) is 21.9 Å². The summed E-state index contributed by atoms with van der Waals surface area (Å²) in [5.74, 6) is 0.457. The van der Waals surface area contributed by atoms with Crippen LogP contribution in [0.1, 0.15) is 38.1 Å². The van der Waals surface area contributed by atoms with Crippen LogP contribution in [-0.2, 0) is 0 Å². The van der Waals surface area contributed by atoms with E-state index < -0.39 is 0 Å². The predicted molar refractivity (Wildman–Crippen MR) is 56.1 cm³/mol.